The zero-order chi connectivity index (χ0) is 41.9. The molecule has 0 aliphatic rings. The van der Waals surface area contributed by atoms with E-state index >= 15 is 0 Å². The van der Waals surface area contributed by atoms with E-state index in [1.807, 2.05) is 12.3 Å². The van der Waals surface area contributed by atoms with Crippen LogP contribution in [0.15, 0.2) is 103 Å². The van der Waals surface area contributed by atoms with Crippen LogP contribution in [-0.4, -0.2) is 24.6 Å². The molecule has 4 aromatic carbocycles. The molecule has 3 heterocycles. The van der Waals surface area contributed by atoms with Crippen LogP contribution in [0.5, 0.6) is 5.75 Å². The van der Waals surface area contributed by atoms with Crippen LogP contribution in [0.4, 0.5) is 0 Å². The third-order valence-electron chi connectivity index (χ3n) is 11.2. The first kappa shape index (κ1) is 43.7. The summed E-state index contributed by atoms with van der Waals surface area (Å²) in [5, 5.41) is 12.0. The monoisotopic (exact) mass is 962 g/mol. The summed E-state index contributed by atoms with van der Waals surface area (Å²) < 4.78 is 2.31. The molecule has 6 heteroatoms. The molecule has 0 saturated heterocycles. The minimum absolute atomic E-state index is 0. The molecular formula is C53H59N4OPt-. The Morgan fingerprint density at radius 1 is 0.593 bits per heavy atom. The van der Waals surface area contributed by atoms with Gasteiger partial charge in [-0.1, -0.05) is 144 Å². The fourth-order valence-electron chi connectivity index (χ4n) is 7.76. The van der Waals surface area contributed by atoms with Crippen molar-refractivity contribution in [2.24, 2.45) is 0 Å². The van der Waals surface area contributed by atoms with Crippen molar-refractivity contribution in [3.63, 3.8) is 0 Å². The molecular weight excluding hydrogens is 904 g/mol. The maximum Gasteiger partial charge on any atom is 0.170 e. The van der Waals surface area contributed by atoms with Crippen LogP contribution in [0.1, 0.15) is 130 Å². The molecule has 308 valence electrons. The van der Waals surface area contributed by atoms with Crippen molar-refractivity contribution in [1.29, 1.82) is 0 Å². The first-order valence-corrected chi connectivity index (χ1v) is 20.7. The summed E-state index contributed by atoms with van der Waals surface area (Å²) in [5.41, 5.74) is 14.3. The number of pyridine rings is 2. The van der Waals surface area contributed by atoms with Gasteiger partial charge in [-0.05, 0) is 97.9 Å². The fraction of sp³-hybridized carbons (Fsp3) is 0.340. The molecule has 0 bridgehead atoms. The summed E-state index contributed by atoms with van der Waals surface area (Å²) >= 11 is 0. The van der Waals surface area contributed by atoms with Gasteiger partial charge in [0.25, 0.3) is 0 Å². The third-order valence-corrected chi connectivity index (χ3v) is 11.2. The SMILES string of the molecule is CC(C)c1cc(-c2ccccc2)cc(C(C)C)c1-n1c(-c2[c-]c(-c3cc(C(C)(C)C)cc(-c4cc(C(C)(C)C)cc(C(C)(C)C)c4O)n3)ccc2)nc2ncccc21.[Pt]. The van der Waals surface area contributed by atoms with E-state index in [0.717, 1.165) is 61.8 Å². The van der Waals surface area contributed by atoms with Gasteiger partial charge in [0, 0.05) is 49.8 Å². The van der Waals surface area contributed by atoms with Gasteiger partial charge in [0.2, 0.25) is 0 Å². The molecule has 0 unspecified atom stereocenters. The van der Waals surface area contributed by atoms with Gasteiger partial charge in [0.15, 0.2) is 5.65 Å². The standard InChI is InChI=1S/C53H59N4O.Pt/c1-32(2)40-26-37(34-19-15-14-16-20-34)27-41(33(3)4)47(40)57-46-23-18-24-54-49(46)56-50(57)36-22-17-21-35(25-36)44-30-39(52(8,9)10)31-45(55-44)42-28-38(51(5,6)7)29-43(48(42)58)53(11,12)13;/h14-24,26-33,58H,1-13H3;/q-1;. The molecule has 0 fully saturated rings. The number of aromatic hydroxyl groups is 1. The van der Waals surface area contributed by atoms with Crippen molar-refractivity contribution in [3.8, 4) is 56.5 Å². The van der Waals surface area contributed by atoms with Crippen molar-refractivity contribution in [1.82, 2.24) is 19.5 Å². The van der Waals surface area contributed by atoms with Crippen LogP contribution in [0, 0.1) is 6.07 Å². The maximum atomic E-state index is 12.0. The van der Waals surface area contributed by atoms with E-state index in [0.29, 0.717) is 5.65 Å². The van der Waals surface area contributed by atoms with Gasteiger partial charge in [0.1, 0.15) is 5.75 Å². The van der Waals surface area contributed by atoms with E-state index in [1.54, 1.807) is 0 Å². The van der Waals surface area contributed by atoms with Crippen molar-refractivity contribution >= 4 is 11.2 Å². The van der Waals surface area contributed by atoms with Crippen LogP contribution in [0.3, 0.4) is 0 Å². The second kappa shape index (κ2) is 16.3. The predicted octanol–water partition coefficient (Wildman–Crippen LogP) is 14.1. The molecule has 0 radical (unpaired) electrons. The number of phenols is 1. The van der Waals surface area contributed by atoms with E-state index in [1.165, 1.54) is 22.3 Å². The summed E-state index contributed by atoms with van der Waals surface area (Å²) in [7, 11) is 0. The van der Waals surface area contributed by atoms with Gasteiger partial charge in [-0.3, -0.25) is 4.98 Å². The Hall–Kier alpha value is -4.86. The summed E-state index contributed by atoms with van der Waals surface area (Å²) in [6.07, 6.45) is 1.81. The molecule has 0 aliphatic heterocycles. The molecule has 7 rings (SSSR count). The third kappa shape index (κ3) is 8.73. The Morgan fingerprint density at radius 3 is 1.78 bits per heavy atom. The summed E-state index contributed by atoms with van der Waals surface area (Å²) in [6.45, 7) is 28.8. The summed E-state index contributed by atoms with van der Waals surface area (Å²) in [6, 6.07) is 38.1. The zero-order valence-corrected chi connectivity index (χ0v) is 39.3. The number of nitrogens with zero attached hydrogens (tertiary/aromatic N) is 4. The average Bonchev–Trinajstić information content (AvgIpc) is 3.56. The van der Waals surface area contributed by atoms with Gasteiger partial charge in [-0.15, -0.1) is 24.3 Å². The van der Waals surface area contributed by atoms with E-state index in [9.17, 15) is 5.11 Å². The van der Waals surface area contributed by atoms with E-state index in [2.05, 4.69) is 192 Å². The molecule has 0 amide bonds. The fourth-order valence-corrected chi connectivity index (χ4v) is 7.76. The van der Waals surface area contributed by atoms with Crippen LogP contribution in [-0.2, 0) is 37.3 Å². The first-order chi connectivity index (χ1) is 27.2. The van der Waals surface area contributed by atoms with Crippen LogP contribution in [0.2, 0.25) is 0 Å². The van der Waals surface area contributed by atoms with Crippen LogP contribution in [0.25, 0.3) is 61.9 Å². The minimum atomic E-state index is -0.264. The maximum absolute atomic E-state index is 12.0. The number of hydrogen-bond donors (Lipinski definition) is 1. The quantitative estimate of drug-likeness (QED) is 0.162. The molecule has 7 aromatic rings. The number of phenolic OH excluding ortho intramolecular Hbond substituents is 1. The van der Waals surface area contributed by atoms with Gasteiger partial charge in [-0.2, -0.15) is 0 Å². The first-order valence-electron chi connectivity index (χ1n) is 20.7. The largest absolute Gasteiger partial charge is 0.507 e. The second-order valence-electron chi connectivity index (χ2n) is 19.6. The Morgan fingerprint density at radius 2 is 1.19 bits per heavy atom. The molecule has 5 nitrogen and oxygen atoms in total. The van der Waals surface area contributed by atoms with Crippen LogP contribution < -0.4 is 0 Å². The molecule has 1 N–H and O–H groups in total. The number of hydrogen-bond acceptors (Lipinski definition) is 4. The summed E-state index contributed by atoms with van der Waals surface area (Å²) in [5.74, 6) is 1.54. The molecule has 0 saturated carbocycles. The number of imidazole rings is 1. The van der Waals surface area contributed by atoms with Gasteiger partial charge < -0.3 is 9.67 Å². The average molecular weight is 963 g/mol. The minimum Gasteiger partial charge on any atom is -0.507 e. The zero-order valence-electron chi connectivity index (χ0n) is 37.0. The molecule has 0 spiro atoms. The van der Waals surface area contributed by atoms with Gasteiger partial charge >= 0.3 is 0 Å². The van der Waals surface area contributed by atoms with E-state index in [4.69, 9.17) is 15.0 Å². The second-order valence-corrected chi connectivity index (χ2v) is 19.6. The predicted molar refractivity (Wildman–Crippen MR) is 243 cm³/mol. The molecule has 0 atom stereocenters. The normalized spacial score (nSPS) is 12.4. The molecule has 59 heavy (non-hydrogen) atoms. The van der Waals surface area contributed by atoms with Crippen molar-refractivity contribution < 1.29 is 26.2 Å². The number of rotatable bonds is 7. The summed E-state index contributed by atoms with van der Waals surface area (Å²) in [4.78, 5) is 15.3. The van der Waals surface area contributed by atoms with Gasteiger partial charge in [0.05, 0.1) is 17.0 Å². The number of fused-ring (bicyclic) bond motifs is 1. The molecule has 3 aromatic heterocycles. The van der Waals surface area contributed by atoms with Gasteiger partial charge in [-0.25, -0.2) is 9.97 Å². The van der Waals surface area contributed by atoms with E-state index in [-0.39, 0.29) is 54.9 Å². The molecule has 0 aliphatic carbocycles. The topological polar surface area (TPSA) is 63.8 Å². The Kier molecular flexibility index (Phi) is 12.1. The van der Waals surface area contributed by atoms with Crippen molar-refractivity contribution in [2.75, 3.05) is 0 Å². The van der Waals surface area contributed by atoms with Crippen LogP contribution >= 0.6 is 0 Å². The van der Waals surface area contributed by atoms with Crippen molar-refractivity contribution in [3.05, 3.63) is 137 Å². The Labute approximate surface area is 366 Å². The Bertz CT molecular complexity index is 2600. The number of benzene rings is 4. The Balaban J connectivity index is 0.00000585. The smallest absolute Gasteiger partial charge is 0.170 e. The number of aromatic nitrogens is 4. The van der Waals surface area contributed by atoms with Crippen molar-refractivity contribution in [2.45, 2.75) is 118 Å². The van der Waals surface area contributed by atoms with E-state index < -0.39 is 0 Å².